The first-order valence-corrected chi connectivity index (χ1v) is 12.5. The zero-order chi connectivity index (χ0) is 23.5. The number of sulfonamides is 1. The second-order valence-electron chi connectivity index (χ2n) is 8.20. The number of aromatic nitrogens is 3. The van der Waals surface area contributed by atoms with E-state index in [1.807, 2.05) is 90.5 Å². The van der Waals surface area contributed by atoms with Gasteiger partial charge in [0.1, 0.15) is 5.52 Å². The van der Waals surface area contributed by atoms with E-state index in [0.717, 1.165) is 27.7 Å². The molecule has 5 rings (SSSR count). The summed E-state index contributed by atoms with van der Waals surface area (Å²) in [6.45, 7) is 2.02. The molecule has 0 fully saturated rings. The maximum atomic E-state index is 13.5. The summed E-state index contributed by atoms with van der Waals surface area (Å²) in [5, 5.41) is 8.82. The molecule has 34 heavy (non-hydrogen) atoms. The quantitative estimate of drug-likeness (QED) is 0.363. The van der Waals surface area contributed by atoms with Crippen LogP contribution in [0.15, 0.2) is 114 Å². The first-order chi connectivity index (χ1) is 16.5. The lowest BCUT2D eigenvalue weighted by Crippen LogP contribution is -2.35. The molecule has 0 spiro atoms. The van der Waals surface area contributed by atoms with Crippen LogP contribution in [-0.2, 0) is 10.0 Å². The van der Waals surface area contributed by atoms with Gasteiger partial charge in [0.2, 0.25) is 10.0 Å². The van der Waals surface area contributed by atoms with Crippen LogP contribution in [0.25, 0.3) is 11.0 Å². The van der Waals surface area contributed by atoms with E-state index in [9.17, 15) is 8.42 Å². The summed E-state index contributed by atoms with van der Waals surface area (Å²) in [5.74, 6) is 0. The zero-order valence-electron chi connectivity index (χ0n) is 18.6. The maximum Gasteiger partial charge on any atom is 0.241 e. The van der Waals surface area contributed by atoms with Crippen molar-refractivity contribution in [2.75, 3.05) is 0 Å². The summed E-state index contributed by atoms with van der Waals surface area (Å²) in [5.41, 5.74) is 4.44. The molecule has 1 N–H and O–H groups in total. The SMILES string of the molecule is Cc1ccc(C(C(NS(=O)(=O)c2ccccc2)c2ccccc2)n2nnc3ccccc32)cc1. The number of benzene rings is 4. The van der Waals surface area contributed by atoms with Crippen molar-refractivity contribution in [3.63, 3.8) is 0 Å². The lowest BCUT2D eigenvalue weighted by atomic mass is 9.93. The van der Waals surface area contributed by atoms with E-state index in [-0.39, 0.29) is 4.90 Å². The van der Waals surface area contributed by atoms with Crippen LogP contribution in [0.4, 0.5) is 0 Å². The van der Waals surface area contributed by atoms with Crippen LogP contribution in [0.3, 0.4) is 0 Å². The van der Waals surface area contributed by atoms with Crippen molar-refractivity contribution in [2.24, 2.45) is 0 Å². The molecule has 2 atom stereocenters. The summed E-state index contributed by atoms with van der Waals surface area (Å²) >= 11 is 0. The third kappa shape index (κ3) is 4.35. The lowest BCUT2D eigenvalue weighted by Gasteiger charge is -2.29. The second-order valence-corrected chi connectivity index (χ2v) is 9.91. The molecule has 0 aliphatic rings. The third-order valence-corrected chi connectivity index (χ3v) is 7.33. The monoisotopic (exact) mass is 468 g/mol. The Morgan fingerprint density at radius 2 is 1.35 bits per heavy atom. The highest BCUT2D eigenvalue weighted by molar-refractivity contribution is 7.89. The molecule has 0 amide bonds. The number of hydrogen-bond acceptors (Lipinski definition) is 4. The molecule has 0 bridgehead atoms. The summed E-state index contributed by atoms with van der Waals surface area (Å²) in [4.78, 5) is 0.210. The number of para-hydroxylation sites is 1. The Kier molecular flexibility index (Phi) is 5.96. The van der Waals surface area contributed by atoms with E-state index in [4.69, 9.17) is 0 Å². The van der Waals surface area contributed by atoms with Gasteiger partial charge in [-0.3, -0.25) is 0 Å². The smallest absolute Gasteiger partial charge is 0.235 e. The van der Waals surface area contributed by atoms with Gasteiger partial charge >= 0.3 is 0 Å². The van der Waals surface area contributed by atoms with Gasteiger partial charge in [0, 0.05) is 0 Å². The molecule has 0 saturated carbocycles. The molecule has 0 aliphatic carbocycles. The lowest BCUT2D eigenvalue weighted by molar-refractivity contribution is 0.415. The van der Waals surface area contributed by atoms with Crippen molar-refractivity contribution < 1.29 is 8.42 Å². The van der Waals surface area contributed by atoms with Gasteiger partial charge in [-0.1, -0.05) is 95.7 Å². The Bertz CT molecular complexity index is 1500. The van der Waals surface area contributed by atoms with E-state index >= 15 is 0 Å². The second kappa shape index (κ2) is 9.21. The van der Waals surface area contributed by atoms with Crippen LogP contribution in [-0.4, -0.2) is 23.4 Å². The highest BCUT2D eigenvalue weighted by Crippen LogP contribution is 2.35. The summed E-state index contributed by atoms with van der Waals surface area (Å²) in [6.07, 6.45) is 0. The summed E-state index contributed by atoms with van der Waals surface area (Å²) in [7, 11) is -3.82. The Balaban J connectivity index is 1.71. The number of aryl methyl sites for hydroxylation is 1. The number of hydrogen-bond donors (Lipinski definition) is 1. The maximum absolute atomic E-state index is 13.5. The molecule has 1 aromatic heterocycles. The highest BCUT2D eigenvalue weighted by atomic mass is 32.2. The fourth-order valence-electron chi connectivity index (χ4n) is 4.14. The Morgan fingerprint density at radius 3 is 2.06 bits per heavy atom. The van der Waals surface area contributed by atoms with Gasteiger partial charge in [0.25, 0.3) is 0 Å². The predicted molar refractivity (Wildman–Crippen MR) is 133 cm³/mol. The van der Waals surface area contributed by atoms with Gasteiger partial charge in [-0.05, 0) is 42.3 Å². The molecule has 2 unspecified atom stereocenters. The topological polar surface area (TPSA) is 76.9 Å². The van der Waals surface area contributed by atoms with Gasteiger partial charge in [-0.15, -0.1) is 5.10 Å². The summed E-state index contributed by atoms with van der Waals surface area (Å²) < 4.78 is 31.8. The fraction of sp³-hybridized carbons (Fsp3) is 0.111. The van der Waals surface area contributed by atoms with Crippen LogP contribution in [0, 0.1) is 6.92 Å². The third-order valence-electron chi connectivity index (χ3n) is 5.87. The largest absolute Gasteiger partial charge is 0.241 e. The summed E-state index contributed by atoms with van der Waals surface area (Å²) in [6, 6.07) is 32.7. The minimum absolute atomic E-state index is 0.210. The number of rotatable bonds is 7. The molecule has 0 radical (unpaired) electrons. The Hall–Kier alpha value is -3.81. The van der Waals surface area contributed by atoms with Crippen LogP contribution >= 0.6 is 0 Å². The predicted octanol–water partition coefficient (Wildman–Crippen LogP) is 5.05. The average Bonchev–Trinajstić information content (AvgIpc) is 3.30. The van der Waals surface area contributed by atoms with Crippen LogP contribution < -0.4 is 4.72 Å². The van der Waals surface area contributed by atoms with E-state index in [1.54, 1.807) is 30.3 Å². The van der Waals surface area contributed by atoms with E-state index in [1.165, 1.54) is 0 Å². The van der Waals surface area contributed by atoms with Crippen LogP contribution in [0.1, 0.15) is 28.8 Å². The van der Waals surface area contributed by atoms with Crippen molar-refractivity contribution >= 4 is 21.1 Å². The molecule has 6 nitrogen and oxygen atoms in total. The van der Waals surface area contributed by atoms with Crippen molar-refractivity contribution in [3.05, 3.63) is 126 Å². The molecule has 7 heteroatoms. The number of nitrogens with one attached hydrogen (secondary N) is 1. The minimum atomic E-state index is -3.82. The normalized spacial score (nSPS) is 13.6. The molecular formula is C27H24N4O2S. The molecule has 4 aromatic carbocycles. The van der Waals surface area contributed by atoms with Gasteiger partial charge in [-0.2, -0.15) is 0 Å². The van der Waals surface area contributed by atoms with Gasteiger partial charge in [0.05, 0.1) is 22.5 Å². The molecule has 170 valence electrons. The van der Waals surface area contributed by atoms with Gasteiger partial charge < -0.3 is 0 Å². The minimum Gasteiger partial charge on any atom is -0.235 e. The zero-order valence-corrected chi connectivity index (χ0v) is 19.4. The molecular weight excluding hydrogens is 444 g/mol. The van der Waals surface area contributed by atoms with Crippen molar-refractivity contribution in [3.8, 4) is 0 Å². The Morgan fingerprint density at radius 1 is 0.735 bits per heavy atom. The van der Waals surface area contributed by atoms with Crippen LogP contribution in [0.5, 0.6) is 0 Å². The van der Waals surface area contributed by atoms with E-state index in [0.29, 0.717) is 0 Å². The van der Waals surface area contributed by atoms with Crippen molar-refractivity contribution in [2.45, 2.75) is 23.9 Å². The first-order valence-electron chi connectivity index (χ1n) is 11.0. The highest BCUT2D eigenvalue weighted by Gasteiger charge is 2.32. The fourth-order valence-corrected chi connectivity index (χ4v) is 5.39. The van der Waals surface area contributed by atoms with Crippen molar-refractivity contribution in [1.29, 1.82) is 0 Å². The van der Waals surface area contributed by atoms with Crippen LogP contribution in [0.2, 0.25) is 0 Å². The number of fused-ring (bicyclic) bond motifs is 1. The molecule has 0 saturated heterocycles. The van der Waals surface area contributed by atoms with E-state index in [2.05, 4.69) is 15.0 Å². The van der Waals surface area contributed by atoms with E-state index < -0.39 is 22.1 Å². The van der Waals surface area contributed by atoms with Gasteiger partial charge in [-0.25, -0.2) is 17.8 Å². The van der Waals surface area contributed by atoms with Gasteiger partial charge in [0.15, 0.2) is 0 Å². The average molecular weight is 469 g/mol. The first kappa shape index (κ1) is 22.0. The van der Waals surface area contributed by atoms with Crippen molar-refractivity contribution in [1.82, 2.24) is 19.7 Å². The number of nitrogens with zero attached hydrogens (tertiary/aromatic N) is 3. The standard InChI is InChI=1S/C27H24N4O2S/c1-20-16-18-22(19-17-20)27(31-25-15-9-8-14-24(25)28-30-31)26(21-10-4-2-5-11-21)29-34(32,33)23-12-6-3-7-13-23/h2-19,26-27,29H,1H3. The Labute approximate surface area is 198 Å². The molecule has 1 heterocycles. The molecule has 0 aliphatic heterocycles. The molecule has 5 aromatic rings.